The summed E-state index contributed by atoms with van der Waals surface area (Å²) in [4.78, 5) is 0. The van der Waals surface area contributed by atoms with Crippen molar-refractivity contribution in [3.63, 3.8) is 0 Å². The van der Waals surface area contributed by atoms with Gasteiger partial charge in [-0.15, -0.1) is 0 Å². The summed E-state index contributed by atoms with van der Waals surface area (Å²) < 4.78 is 0. The van der Waals surface area contributed by atoms with E-state index in [1.807, 2.05) is 20.8 Å². The number of rotatable bonds is 3. The molecule has 1 rings (SSSR count). The third kappa shape index (κ3) is 4.04. The van der Waals surface area contributed by atoms with E-state index in [-0.39, 0.29) is 11.5 Å². The summed E-state index contributed by atoms with van der Waals surface area (Å²) in [5.41, 5.74) is 1.83. The Morgan fingerprint density at radius 2 is 1.47 bits per heavy atom. The molecule has 0 bridgehead atoms. The molecule has 0 aliphatic rings. The monoisotopic (exact) mass is 235 g/mol. The quantitative estimate of drug-likeness (QED) is 0.839. The van der Waals surface area contributed by atoms with Crippen molar-refractivity contribution in [3.8, 4) is 0 Å². The van der Waals surface area contributed by atoms with Crippen molar-refractivity contribution in [1.82, 2.24) is 0 Å². The number of nitrogens with one attached hydrogen (secondary N) is 1. The molecule has 1 aromatic rings. The smallest absolute Gasteiger partial charge is 0.0789 e. The summed E-state index contributed by atoms with van der Waals surface area (Å²) in [5.74, 6) is 0. The van der Waals surface area contributed by atoms with Crippen LogP contribution in [0.1, 0.15) is 47.1 Å². The third-order valence-corrected chi connectivity index (χ3v) is 3.19. The van der Waals surface area contributed by atoms with Crippen LogP contribution in [-0.4, -0.2) is 16.7 Å². The average Bonchev–Trinajstić information content (AvgIpc) is 2.15. The van der Waals surface area contributed by atoms with Crippen LogP contribution in [0, 0.1) is 0 Å². The Morgan fingerprint density at radius 1 is 1.00 bits per heavy atom. The highest BCUT2D eigenvalue weighted by Gasteiger charge is 2.22. The third-order valence-electron chi connectivity index (χ3n) is 3.19. The maximum atomic E-state index is 9.87. The Labute approximate surface area is 105 Å². The van der Waals surface area contributed by atoms with Gasteiger partial charge in [-0.3, -0.25) is 0 Å². The van der Waals surface area contributed by atoms with Crippen LogP contribution in [0.2, 0.25) is 0 Å². The van der Waals surface area contributed by atoms with Gasteiger partial charge in [0.1, 0.15) is 0 Å². The second kappa shape index (κ2) is 4.69. The molecule has 0 spiro atoms. The summed E-state index contributed by atoms with van der Waals surface area (Å²) >= 11 is 0. The molecule has 0 radical (unpaired) electrons. The Balaban J connectivity index is 2.76. The molecule has 0 aromatic heterocycles. The van der Waals surface area contributed by atoms with Crippen LogP contribution < -0.4 is 5.32 Å². The summed E-state index contributed by atoms with van der Waals surface area (Å²) in [6.07, 6.45) is 0. The van der Waals surface area contributed by atoms with Gasteiger partial charge in [-0.1, -0.05) is 32.9 Å². The van der Waals surface area contributed by atoms with Crippen LogP contribution >= 0.6 is 0 Å². The van der Waals surface area contributed by atoms with Crippen molar-refractivity contribution in [2.24, 2.45) is 0 Å². The van der Waals surface area contributed by atoms with E-state index in [2.05, 4.69) is 50.4 Å². The van der Waals surface area contributed by atoms with Gasteiger partial charge in [0.05, 0.1) is 11.6 Å². The molecule has 1 aromatic carbocycles. The zero-order valence-corrected chi connectivity index (χ0v) is 11.8. The molecule has 96 valence electrons. The lowest BCUT2D eigenvalue weighted by Gasteiger charge is -2.28. The summed E-state index contributed by atoms with van der Waals surface area (Å²) in [5, 5.41) is 13.2. The number of hydrogen-bond donors (Lipinski definition) is 2. The second-order valence-corrected chi connectivity index (χ2v) is 6.35. The van der Waals surface area contributed by atoms with E-state index in [0.29, 0.717) is 0 Å². The van der Waals surface area contributed by atoms with E-state index in [1.165, 1.54) is 5.56 Å². The summed E-state index contributed by atoms with van der Waals surface area (Å²) in [7, 11) is 0. The lowest BCUT2D eigenvalue weighted by molar-refractivity contribution is 0.0649. The Hall–Kier alpha value is -1.02. The van der Waals surface area contributed by atoms with Crippen molar-refractivity contribution in [3.05, 3.63) is 29.8 Å². The maximum absolute atomic E-state index is 9.87. The van der Waals surface area contributed by atoms with Crippen molar-refractivity contribution in [2.45, 2.75) is 58.6 Å². The van der Waals surface area contributed by atoms with Crippen LogP contribution in [-0.2, 0) is 5.41 Å². The number of anilines is 1. The summed E-state index contributed by atoms with van der Waals surface area (Å²) in [6, 6.07) is 8.44. The molecule has 2 heteroatoms. The van der Waals surface area contributed by atoms with Crippen molar-refractivity contribution >= 4 is 5.69 Å². The summed E-state index contributed by atoms with van der Waals surface area (Å²) in [6.45, 7) is 12.2. The van der Waals surface area contributed by atoms with E-state index in [0.717, 1.165) is 5.69 Å². The first-order valence-corrected chi connectivity index (χ1v) is 6.20. The van der Waals surface area contributed by atoms with Gasteiger partial charge in [-0.2, -0.15) is 0 Å². The second-order valence-electron chi connectivity index (χ2n) is 6.35. The largest absolute Gasteiger partial charge is 0.388 e. The van der Waals surface area contributed by atoms with Gasteiger partial charge >= 0.3 is 0 Å². The zero-order chi connectivity index (χ0) is 13.3. The molecule has 0 saturated carbocycles. The van der Waals surface area contributed by atoms with E-state index >= 15 is 0 Å². The fraction of sp³-hybridized carbons (Fsp3) is 0.600. The fourth-order valence-electron chi connectivity index (χ4n) is 1.49. The maximum Gasteiger partial charge on any atom is 0.0789 e. The van der Waals surface area contributed by atoms with Crippen LogP contribution in [0.3, 0.4) is 0 Å². The van der Waals surface area contributed by atoms with Crippen LogP contribution in [0.25, 0.3) is 0 Å². The molecular formula is C15H25NO. The van der Waals surface area contributed by atoms with E-state index in [1.54, 1.807) is 0 Å². The van der Waals surface area contributed by atoms with Gasteiger partial charge in [0.25, 0.3) is 0 Å². The minimum absolute atomic E-state index is 0.0167. The highest BCUT2D eigenvalue weighted by atomic mass is 16.3. The highest BCUT2D eigenvalue weighted by molar-refractivity contribution is 5.46. The molecule has 1 unspecified atom stereocenters. The van der Waals surface area contributed by atoms with Crippen LogP contribution in [0.4, 0.5) is 5.69 Å². The first-order valence-electron chi connectivity index (χ1n) is 6.20. The Morgan fingerprint density at radius 3 is 1.82 bits per heavy atom. The molecule has 0 amide bonds. The standard InChI is InChI=1S/C15H25NO/c1-11(15(5,6)17)16-13-9-7-12(8-10-13)14(2,3)4/h7-11,16-17H,1-6H3. The molecule has 0 saturated heterocycles. The molecule has 0 heterocycles. The topological polar surface area (TPSA) is 32.3 Å². The predicted octanol–water partition coefficient (Wildman–Crippen LogP) is 3.56. The van der Waals surface area contributed by atoms with E-state index in [4.69, 9.17) is 0 Å². The SMILES string of the molecule is CC(Nc1ccc(C(C)(C)C)cc1)C(C)(C)O. The van der Waals surface area contributed by atoms with Crippen molar-refractivity contribution in [1.29, 1.82) is 0 Å². The van der Waals surface area contributed by atoms with Gasteiger partial charge in [0, 0.05) is 5.69 Å². The zero-order valence-electron chi connectivity index (χ0n) is 11.8. The number of hydrogen-bond acceptors (Lipinski definition) is 2. The molecule has 0 aliphatic carbocycles. The average molecular weight is 235 g/mol. The molecule has 2 N–H and O–H groups in total. The number of benzene rings is 1. The van der Waals surface area contributed by atoms with Crippen molar-refractivity contribution < 1.29 is 5.11 Å². The molecule has 0 aliphatic heterocycles. The minimum Gasteiger partial charge on any atom is -0.388 e. The predicted molar refractivity (Wildman–Crippen MR) is 74.5 cm³/mol. The first-order chi connectivity index (χ1) is 7.60. The van der Waals surface area contributed by atoms with Gasteiger partial charge in [0.2, 0.25) is 0 Å². The van der Waals surface area contributed by atoms with Gasteiger partial charge < -0.3 is 10.4 Å². The Kier molecular flexibility index (Phi) is 3.88. The molecule has 1 atom stereocenters. The van der Waals surface area contributed by atoms with E-state index < -0.39 is 5.60 Å². The molecule has 17 heavy (non-hydrogen) atoms. The van der Waals surface area contributed by atoms with Gasteiger partial charge in [-0.25, -0.2) is 0 Å². The number of aliphatic hydroxyl groups is 1. The molecule has 2 nitrogen and oxygen atoms in total. The minimum atomic E-state index is -0.720. The normalized spacial score (nSPS) is 14.5. The lowest BCUT2D eigenvalue weighted by Crippen LogP contribution is -2.39. The van der Waals surface area contributed by atoms with Crippen LogP contribution in [0.5, 0.6) is 0 Å². The van der Waals surface area contributed by atoms with Gasteiger partial charge in [0.15, 0.2) is 0 Å². The van der Waals surface area contributed by atoms with Crippen LogP contribution in [0.15, 0.2) is 24.3 Å². The lowest BCUT2D eigenvalue weighted by atomic mass is 9.87. The fourth-order valence-corrected chi connectivity index (χ4v) is 1.49. The van der Waals surface area contributed by atoms with E-state index in [9.17, 15) is 5.11 Å². The van der Waals surface area contributed by atoms with Gasteiger partial charge in [-0.05, 0) is 43.9 Å². The molecule has 0 fully saturated rings. The highest BCUT2D eigenvalue weighted by Crippen LogP contribution is 2.24. The van der Waals surface area contributed by atoms with Crippen molar-refractivity contribution in [2.75, 3.05) is 5.32 Å². The molecular weight excluding hydrogens is 210 g/mol. The Bertz CT molecular complexity index is 354. The first kappa shape index (κ1) is 14.0.